The molecule has 1 aromatic carbocycles. The highest BCUT2D eigenvalue weighted by Crippen LogP contribution is 2.29. The fourth-order valence-electron chi connectivity index (χ4n) is 3.23. The van der Waals surface area contributed by atoms with Crippen LogP contribution in [0.5, 0.6) is 5.75 Å². The fraction of sp³-hybridized carbons (Fsp3) is 0.647. The van der Waals surface area contributed by atoms with Crippen molar-refractivity contribution in [3.8, 4) is 5.75 Å². The minimum atomic E-state index is 0.639. The number of benzene rings is 1. The number of rotatable bonds is 7. The molecule has 3 nitrogen and oxygen atoms in total. The third-order valence-corrected chi connectivity index (χ3v) is 4.29. The van der Waals surface area contributed by atoms with Gasteiger partial charge in [0.2, 0.25) is 0 Å². The van der Waals surface area contributed by atoms with Gasteiger partial charge in [0.15, 0.2) is 0 Å². The van der Waals surface area contributed by atoms with Gasteiger partial charge in [0.1, 0.15) is 5.75 Å². The van der Waals surface area contributed by atoms with Crippen molar-refractivity contribution in [1.82, 2.24) is 4.90 Å². The molecule has 0 aliphatic heterocycles. The molecule has 3 heteroatoms. The normalized spacial score (nSPS) is 22.4. The van der Waals surface area contributed by atoms with Crippen molar-refractivity contribution in [2.24, 2.45) is 11.7 Å². The van der Waals surface area contributed by atoms with E-state index < -0.39 is 0 Å². The summed E-state index contributed by atoms with van der Waals surface area (Å²) in [7, 11) is 2.22. The first-order chi connectivity index (χ1) is 9.74. The highest BCUT2D eigenvalue weighted by molar-refractivity contribution is 5.28. The Bertz CT molecular complexity index is 408. The Labute approximate surface area is 123 Å². The zero-order chi connectivity index (χ0) is 14.4. The number of nitrogens with two attached hydrogens (primary N) is 1. The third-order valence-electron chi connectivity index (χ3n) is 4.29. The lowest BCUT2D eigenvalue weighted by molar-refractivity contribution is 0.192. The summed E-state index contributed by atoms with van der Waals surface area (Å²) >= 11 is 0. The summed E-state index contributed by atoms with van der Waals surface area (Å²) < 4.78 is 5.71. The second-order valence-electron chi connectivity index (χ2n) is 5.91. The van der Waals surface area contributed by atoms with Crippen LogP contribution in [0.4, 0.5) is 0 Å². The summed E-state index contributed by atoms with van der Waals surface area (Å²) in [5.74, 6) is 1.65. The van der Waals surface area contributed by atoms with Gasteiger partial charge in [-0.25, -0.2) is 0 Å². The highest BCUT2D eigenvalue weighted by atomic mass is 16.5. The molecule has 2 rings (SSSR count). The molecule has 2 atom stereocenters. The summed E-state index contributed by atoms with van der Waals surface area (Å²) in [4.78, 5) is 2.46. The van der Waals surface area contributed by atoms with Crippen molar-refractivity contribution in [2.75, 3.05) is 20.2 Å². The Kier molecular flexibility index (Phi) is 5.86. The summed E-state index contributed by atoms with van der Waals surface area (Å²) in [5.41, 5.74) is 7.21. The van der Waals surface area contributed by atoms with Crippen LogP contribution in [0.2, 0.25) is 0 Å². The molecular weight excluding hydrogens is 248 g/mol. The Balaban J connectivity index is 1.95. The van der Waals surface area contributed by atoms with Crippen molar-refractivity contribution in [1.29, 1.82) is 0 Å². The predicted molar refractivity (Wildman–Crippen MR) is 83.9 cm³/mol. The predicted octanol–water partition coefficient (Wildman–Crippen LogP) is 3.03. The van der Waals surface area contributed by atoms with Gasteiger partial charge in [-0.2, -0.15) is 0 Å². The molecule has 0 aromatic heterocycles. The SMILES string of the molecule is CCCOc1cccc(CN(C)C2CCCC2CN)c1. The molecule has 0 saturated heterocycles. The highest BCUT2D eigenvalue weighted by Gasteiger charge is 2.29. The number of hydrogen-bond donors (Lipinski definition) is 1. The minimum Gasteiger partial charge on any atom is -0.494 e. The molecule has 2 unspecified atom stereocenters. The maximum absolute atomic E-state index is 5.89. The van der Waals surface area contributed by atoms with Gasteiger partial charge in [-0.05, 0) is 56.5 Å². The van der Waals surface area contributed by atoms with Crippen LogP contribution in [0.3, 0.4) is 0 Å². The van der Waals surface area contributed by atoms with E-state index in [2.05, 4.69) is 37.1 Å². The molecule has 2 N–H and O–H groups in total. The monoisotopic (exact) mass is 276 g/mol. The number of nitrogens with zero attached hydrogens (tertiary/aromatic N) is 1. The molecule has 1 aliphatic carbocycles. The minimum absolute atomic E-state index is 0.639. The summed E-state index contributed by atoms with van der Waals surface area (Å²) in [6.45, 7) is 4.71. The lowest BCUT2D eigenvalue weighted by atomic mass is 10.0. The van der Waals surface area contributed by atoms with Gasteiger partial charge in [0, 0.05) is 12.6 Å². The maximum atomic E-state index is 5.89. The number of ether oxygens (including phenoxy) is 1. The van der Waals surface area contributed by atoms with E-state index in [0.717, 1.165) is 31.9 Å². The van der Waals surface area contributed by atoms with E-state index in [0.29, 0.717) is 12.0 Å². The van der Waals surface area contributed by atoms with E-state index in [9.17, 15) is 0 Å². The first-order valence-corrected chi connectivity index (χ1v) is 7.86. The van der Waals surface area contributed by atoms with Crippen LogP contribution in [-0.4, -0.2) is 31.1 Å². The van der Waals surface area contributed by atoms with Crippen molar-refractivity contribution < 1.29 is 4.74 Å². The van der Waals surface area contributed by atoms with Gasteiger partial charge in [-0.3, -0.25) is 4.90 Å². The maximum Gasteiger partial charge on any atom is 0.119 e. The molecule has 112 valence electrons. The summed E-state index contributed by atoms with van der Waals surface area (Å²) in [5, 5.41) is 0. The van der Waals surface area contributed by atoms with Crippen LogP contribution < -0.4 is 10.5 Å². The van der Waals surface area contributed by atoms with Crippen molar-refractivity contribution in [3.63, 3.8) is 0 Å². The smallest absolute Gasteiger partial charge is 0.119 e. The Morgan fingerprint density at radius 2 is 2.20 bits per heavy atom. The topological polar surface area (TPSA) is 38.5 Å². The van der Waals surface area contributed by atoms with E-state index in [4.69, 9.17) is 10.5 Å². The first kappa shape index (κ1) is 15.3. The van der Waals surface area contributed by atoms with Crippen LogP contribution in [0.25, 0.3) is 0 Å². The summed E-state index contributed by atoms with van der Waals surface area (Å²) in [6.07, 6.45) is 4.93. The Morgan fingerprint density at radius 3 is 2.95 bits per heavy atom. The largest absolute Gasteiger partial charge is 0.494 e. The quantitative estimate of drug-likeness (QED) is 0.832. The molecular formula is C17H28N2O. The van der Waals surface area contributed by atoms with Gasteiger partial charge in [-0.15, -0.1) is 0 Å². The molecule has 0 heterocycles. The van der Waals surface area contributed by atoms with E-state index in [1.54, 1.807) is 0 Å². The molecule has 0 amide bonds. The molecule has 0 bridgehead atoms. The van der Waals surface area contributed by atoms with Crippen molar-refractivity contribution >= 4 is 0 Å². The van der Waals surface area contributed by atoms with Crippen LogP contribution in [0.1, 0.15) is 38.2 Å². The Morgan fingerprint density at radius 1 is 1.35 bits per heavy atom. The lowest BCUT2D eigenvalue weighted by Gasteiger charge is -2.29. The molecule has 1 fully saturated rings. The molecule has 0 radical (unpaired) electrons. The zero-order valence-electron chi connectivity index (χ0n) is 12.8. The molecule has 1 aliphatic rings. The Hall–Kier alpha value is -1.06. The van der Waals surface area contributed by atoms with E-state index in [1.807, 2.05) is 6.07 Å². The fourth-order valence-corrected chi connectivity index (χ4v) is 3.23. The zero-order valence-corrected chi connectivity index (χ0v) is 12.8. The van der Waals surface area contributed by atoms with Gasteiger partial charge in [0.05, 0.1) is 6.61 Å². The summed E-state index contributed by atoms with van der Waals surface area (Å²) in [6, 6.07) is 9.11. The molecule has 1 aromatic rings. The van der Waals surface area contributed by atoms with Crippen LogP contribution >= 0.6 is 0 Å². The van der Waals surface area contributed by atoms with Gasteiger partial charge >= 0.3 is 0 Å². The third kappa shape index (κ3) is 3.97. The van der Waals surface area contributed by atoms with E-state index in [-0.39, 0.29) is 0 Å². The first-order valence-electron chi connectivity index (χ1n) is 7.86. The van der Waals surface area contributed by atoms with Gasteiger partial charge in [0.25, 0.3) is 0 Å². The van der Waals surface area contributed by atoms with Gasteiger partial charge in [-0.1, -0.05) is 25.5 Å². The average molecular weight is 276 g/mol. The van der Waals surface area contributed by atoms with Crippen molar-refractivity contribution in [3.05, 3.63) is 29.8 Å². The van der Waals surface area contributed by atoms with E-state index in [1.165, 1.54) is 24.8 Å². The second kappa shape index (κ2) is 7.65. The van der Waals surface area contributed by atoms with Gasteiger partial charge < -0.3 is 10.5 Å². The average Bonchev–Trinajstić information content (AvgIpc) is 2.94. The van der Waals surface area contributed by atoms with E-state index >= 15 is 0 Å². The number of hydrogen-bond acceptors (Lipinski definition) is 3. The van der Waals surface area contributed by atoms with Crippen LogP contribution in [0.15, 0.2) is 24.3 Å². The molecule has 1 saturated carbocycles. The second-order valence-corrected chi connectivity index (χ2v) is 5.91. The van der Waals surface area contributed by atoms with Crippen LogP contribution in [-0.2, 0) is 6.54 Å². The molecule has 0 spiro atoms. The van der Waals surface area contributed by atoms with Crippen LogP contribution in [0, 0.1) is 5.92 Å². The lowest BCUT2D eigenvalue weighted by Crippen LogP contribution is -2.37. The van der Waals surface area contributed by atoms with Crippen molar-refractivity contribution in [2.45, 2.75) is 45.2 Å². The standard InChI is InChI=1S/C17H28N2O/c1-3-10-20-16-8-4-6-14(11-16)13-19(2)17-9-5-7-15(17)12-18/h4,6,8,11,15,17H,3,5,7,9-10,12-13,18H2,1-2H3. The molecule has 20 heavy (non-hydrogen) atoms.